The molecule has 0 bridgehead atoms. The molecule has 1 N–H and O–H groups in total. The molecule has 1 spiro atoms. The number of ether oxygens (including phenoxy) is 1. The Balaban J connectivity index is 1.44. The van der Waals surface area contributed by atoms with Gasteiger partial charge >= 0.3 is 0 Å². The zero-order valence-electron chi connectivity index (χ0n) is 11.7. The van der Waals surface area contributed by atoms with Crippen molar-refractivity contribution in [3.05, 3.63) is 29.8 Å². The summed E-state index contributed by atoms with van der Waals surface area (Å²) in [5.74, 6) is 3.77. The van der Waals surface area contributed by atoms with E-state index in [0.717, 1.165) is 23.8 Å². The predicted octanol–water partition coefficient (Wildman–Crippen LogP) is 3.46. The smallest absolute Gasteiger partial charge is 0.118 e. The van der Waals surface area contributed by atoms with E-state index in [1.165, 1.54) is 42.8 Å². The van der Waals surface area contributed by atoms with Gasteiger partial charge in [-0.15, -0.1) is 0 Å². The van der Waals surface area contributed by atoms with E-state index in [1.807, 2.05) is 12.1 Å². The highest BCUT2D eigenvalue weighted by molar-refractivity contribution is 8.00. The SMILES string of the molecule is COc1ccc(CNC2CCC3(CC2)CSC3)cc1. The molecular formula is C16H23NOS. The lowest BCUT2D eigenvalue weighted by Crippen LogP contribution is -2.43. The van der Waals surface area contributed by atoms with Gasteiger partial charge in [0.1, 0.15) is 5.75 Å². The van der Waals surface area contributed by atoms with Crippen LogP contribution in [0.15, 0.2) is 24.3 Å². The predicted molar refractivity (Wildman–Crippen MR) is 81.8 cm³/mol. The van der Waals surface area contributed by atoms with E-state index >= 15 is 0 Å². The minimum atomic E-state index is 0.721. The lowest BCUT2D eigenvalue weighted by Gasteiger charge is -2.46. The summed E-state index contributed by atoms with van der Waals surface area (Å²) < 4.78 is 5.18. The summed E-state index contributed by atoms with van der Waals surface area (Å²) >= 11 is 2.13. The third kappa shape index (κ3) is 3.09. The van der Waals surface area contributed by atoms with Gasteiger partial charge in [-0.1, -0.05) is 12.1 Å². The first-order valence-corrected chi connectivity index (χ1v) is 8.39. The molecule has 1 aliphatic carbocycles. The summed E-state index contributed by atoms with van der Waals surface area (Å²) in [6.07, 6.45) is 5.58. The molecule has 19 heavy (non-hydrogen) atoms. The Morgan fingerprint density at radius 1 is 1.21 bits per heavy atom. The largest absolute Gasteiger partial charge is 0.497 e. The highest BCUT2D eigenvalue weighted by atomic mass is 32.2. The van der Waals surface area contributed by atoms with Crippen LogP contribution in [0.5, 0.6) is 5.75 Å². The van der Waals surface area contributed by atoms with E-state index in [2.05, 4.69) is 29.2 Å². The molecule has 1 aromatic carbocycles. The summed E-state index contributed by atoms with van der Waals surface area (Å²) in [6, 6.07) is 9.10. The standard InChI is InChI=1S/C16H23NOS/c1-18-15-4-2-13(3-5-15)10-17-14-6-8-16(9-7-14)11-19-12-16/h2-5,14,17H,6-12H2,1H3. The lowest BCUT2D eigenvalue weighted by atomic mass is 9.74. The van der Waals surface area contributed by atoms with Crippen LogP contribution < -0.4 is 10.1 Å². The van der Waals surface area contributed by atoms with Gasteiger partial charge in [-0.2, -0.15) is 11.8 Å². The van der Waals surface area contributed by atoms with Crippen LogP contribution in [0.4, 0.5) is 0 Å². The number of hydrogen-bond donors (Lipinski definition) is 1. The van der Waals surface area contributed by atoms with Gasteiger partial charge in [0.15, 0.2) is 0 Å². The quantitative estimate of drug-likeness (QED) is 0.910. The molecule has 0 atom stereocenters. The number of hydrogen-bond acceptors (Lipinski definition) is 3. The number of methoxy groups -OCH3 is 1. The molecular weight excluding hydrogens is 254 g/mol. The van der Waals surface area contributed by atoms with E-state index in [-0.39, 0.29) is 0 Å². The van der Waals surface area contributed by atoms with E-state index in [0.29, 0.717) is 0 Å². The Hall–Kier alpha value is -0.670. The van der Waals surface area contributed by atoms with Crippen LogP contribution in [0.1, 0.15) is 31.2 Å². The van der Waals surface area contributed by atoms with Gasteiger partial charge in [0.2, 0.25) is 0 Å². The molecule has 0 amide bonds. The molecule has 2 nitrogen and oxygen atoms in total. The molecule has 0 aromatic heterocycles. The number of thioether (sulfide) groups is 1. The van der Waals surface area contributed by atoms with Crippen LogP contribution in [0.3, 0.4) is 0 Å². The zero-order chi connectivity index (χ0) is 13.1. The second kappa shape index (κ2) is 5.76. The summed E-state index contributed by atoms with van der Waals surface area (Å²) in [5, 5.41) is 3.71. The van der Waals surface area contributed by atoms with E-state index in [9.17, 15) is 0 Å². The molecule has 104 valence electrons. The Kier molecular flexibility index (Phi) is 4.04. The Labute approximate surface area is 120 Å². The Morgan fingerprint density at radius 2 is 1.89 bits per heavy atom. The van der Waals surface area contributed by atoms with Crippen molar-refractivity contribution < 1.29 is 4.74 Å². The highest BCUT2D eigenvalue weighted by Crippen LogP contribution is 2.48. The van der Waals surface area contributed by atoms with E-state index < -0.39 is 0 Å². The third-order valence-corrected chi connectivity index (χ3v) is 6.25. The molecule has 3 rings (SSSR count). The van der Waals surface area contributed by atoms with E-state index in [1.54, 1.807) is 7.11 Å². The van der Waals surface area contributed by atoms with Crippen molar-refractivity contribution in [1.29, 1.82) is 0 Å². The first-order valence-electron chi connectivity index (χ1n) is 7.24. The summed E-state index contributed by atoms with van der Waals surface area (Å²) in [6.45, 7) is 0.983. The van der Waals surface area contributed by atoms with Crippen molar-refractivity contribution in [2.75, 3.05) is 18.6 Å². The average molecular weight is 277 g/mol. The van der Waals surface area contributed by atoms with Gasteiger partial charge in [-0.3, -0.25) is 0 Å². The van der Waals surface area contributed by atoms with Gasteiger partial charge in [0.05, 0.1) is 7.11 Å². The van der Waals surface area contributed by atoms with Crippen LogP contribution in [0.2, 0.25) is 0 Å². The van der Waals surface area contributed by atoms with Gasteiger partial charge in [0, 0.05) is 12.6 Å². The fourth-order valence-electron chi connectivity index (χ4n) is 3.12. The maximum absolute atomic E-state index is 5.18. The van der Waals surface area contributed by atoms with Crippen molar-refractivity contribution in [2.45, 2.75) is 38.3 Å². The molecule has 0 unspecified atom stereocenters. The van der Waals surface area contributed by atoms with Gasteiger partial charge < -0.3 is 10.1 Å². The van der Waals surface area contributed by atoms with Crippen LogP contribution >= 0.6 is 11.8 Å². The second-order valence-electron chi connectivity index (χ2n) is 6.00. The molecule has 1 saturated heterocycles. The van der Waals surface area contributed by atoms with Crippen LogP contribution in [0.25, 0.3) is 0 Å². The maximum atomic E-state index is 5.18. The summed E-state index contributed by atoms with van der Waals surface area (Å²) in [4.78, 5) is 0. The van der Waals surface area contributed by atoms with Crippen LogP contribution in [-0.2, 0) is 6.54 Å². The van der Waals surface area contributed by atoms with Gasteiger partial charge in [0.25, 0.3) is 0 Å². The van der Waals surface area contributed by atoms with Gasteiger partial charge in [-0.05, 0) is 60.3 Å². The van der Waals surface area contributed by atoms with Crippen molar-refractivity contribution in [3.63, 3.8) is 0 Å². The fourth-order valence-corrected chi connectivity index (χ4v) is 4.48. The molecule has 1 heterocycles. The Bertz CT molecular complexity index is 403. The second-order valence-corrected chi connectivity index (χ2v) is 6.98. The average Bonchev–Trinajstić information content (AvgIpc) is 2.44. The fraction of sp³-hybridized carbons (Fsp3) is 0.625. The normalized spacial score (nSPS) is 22.2. The summed E-state index contributed by atoms with van der Waals surface area (Å²) in [5.41, 5.74) is 2.09. The van der Waals surface area contributed by atoms with Crippen LogP contribution in [0, 0.1) is 5.41 Å². The van der Waals surface area contributed by atoms with Crippen LogP contribution in [-0.4, -0.2) is 24.7 Å². The van der Waals surface area contributed by atoms with Crippen molar-refractivity contribution in [2.24, 2.45) is 5.41 Å². The molecule has 1 aromatic rings. The Morgan fingerprint density at radius 3 is 2.42 bits per heavy atom. The lowest BCUT2D eigenvalue weighted by molar-refractivity contribution is 0.204. The highest BCUT2D eigenvalue weighted by Gasteiger charge is 2.40. The zero-order valence-corrected chi connectivity index (χ0v) is 12.5. The van der Waals surface area contributed by atoms with Crippen molar-refractivity contribution >= 4 is 11.8 Å². The molecule has 3 heteroatoms. The third-order valence-electron chi connectivity index (χ3n) is 4.62. The monoisotopic (exact) mass is 277 g/mol. The van der Waals surface area contributed by atoms with E-state index in [4.69, 9.17) is 4.74 Å². The first-order chi connectivity index (χ1) is 9.30. The molecule has 2 fully saturated rings. The maximum Gasteiger partial charge on any atom is 0.118 e. The minimum Gasteiger partial charge on any atom is -0.497 e. The van der Waals surface area contributed by atoms with Gasteiger partial charge in [-0.25, -0.2) is 0 Å². The number of nitrogens with one attached hydrogen (secondary N) is 1. The number of benzene rings is 1. The molecule has 1 aliphatic heterocycles. The first kappa shape index (κ1) is 13.3. The van der Waals surface area contributed by atoms with Crippen molar-refractivity contribution in [1.82, 2.24) is 5.32 Å². The topological polar surface area (TPSA) is 21.3 Å². The van der Waals surface area contributed by atoms with Crippen molar-refractivity contribution in [3.8, 4) is 5.75 Å². The minimum absolute atomic E-state index is 0.721. The summed E-state index contributed by atoms with van der Waals surface area (Å²) in [7, 11) is 1.71. The number of rotatable bonds is 4. The molecule has 1 saturated carbocycles. The molecule has 0 radical (unpaired) electrons. The molecule has 2 aliphatic rings.